The summed E-state index contributed by atoms with van der Waals surface area (Å²) in [6.07, 6.45) is 3.70. The Morgan fingerprint density at radius 2 is 2.43 bits per heavy atom. The minimum atomic E-state index is -0.361. The molecule has 0 unspecified atom stereocenters. The van der Waals surface area contributed by atoms with Crippen LogP contribution in [0, 0.1) is 0 Å². The summed E-state index contributed by atoms with van der Waals surface area (Å²) in [6, 6.07) is 1.74. The molecule has 3 N–H and O–H groups in total. The Bertz CT molecular complexity index is 307. The normalized spacial score (nSPS) is 12.5. The Labute approximate surface area is 83.4 Å². The minimum absolute atomic E-state index is 0.00495. The predicted octanol–water partition coefficient (Wildman–Crippen LogP) is 1.60. The summed E-state index contributed by atoms with van der Waals surface area (Å²) in [6.45, 7) is 2.08. The summed E-state index contributed by atoms with van der Waals surface area (Å²) in [5.41, 5.74) is 7.29. The Kier molecular flexibility index (Phi) is 3.71. The van der Waals surface area contributed by atoms with Gasteiger partial charge in [-0.05, 0) is 18.1 Å². The molecule has 1 aromatic heterocycles. The van der Waals surface area contributed by atoms with E-state index < -0.39 is 0 Å². The highest BCUT2D eigenvalue weighted by molar-refractivity contribution is 5.87. The summed E-state index contributed by atoms with van der Waals surface area (Å²) in [7, 11) is 1.36. The SMILES string of the molecule is CCC[C@H](N)c1c[nH]c(C(=O)OC)c1. The average molecular weight is 196 g/mol. The van der Waals surface area contributed by atoms with Crippen LogP contribution in [0.15, 0.2) is 12.3 Å². The van der Waals surface area contributed by atoms with Crippen LogP contribution in [-0.2, 0) is 4.74 Å². The summed E-state index contributed by atoms with van der Waals surface area (Å²) in [4.78, 5) is 14.0. The number of carbonyl (C=O) groups is 1. The smallest absolute Gasteiger partial charge is 0.354 e. The molecule has 4 heteroatoms. The van der Waals surface area contributed by atoms with E-state index in [1.807, 2.05) is 0 Å². The minimum Gasteiger partial charge on any atom is -0.464 e. The van der Waals surface area contributed by atoms with Gasteiger partial charge in [-0.15, -0.1) is 0 Å². The molecule has 0 aromatic carbocycles. The second kappa shape index (κ2) is 4.81. The van der Waals surface area contributed by atoms with Crippen molar-refractivity contribution in [3.8, 4) is 0 Å². The highest BCUT2D eigenvalue weighted by atomic mass is 16.5. The van der Waals surface area contributed by atoms with Crippen molar-refractivity contribution in [2.24, 2.45) is 5.73 Å². The molecule has 0 aliphatic heterocycles. The first-order valence-electron chi connectivity index (χ1n) is 4.71. The first kappa shape index (κ1) is 10.8. The molecule has 0 saturated carbocycles. The molecular formula is C10H16N2O2. The zero-order chi connectivity index (χ0) is 10.6. The highest BCUT2D eigenvalue weighted by Crippen LogP contribution is 2.16. The fourth-order valence-electron chi connectivity index (χ4n) is 1.33. The van der Waals surface area contributed by atoms with Gasteiger partial charge in [-0.1, -0.05) is 13.3 Å². The monoisotopic (exact) mass is 196 g/mol. The zero-order valence-electron chi connectivity index (χ0n) is 8.54. The number of aromatic nitrogens is 1. The van der Waals surface area contributed by atoms with Crippen molar-refractivity contribution in [3.05, 3.63) is 23.5 Å². The third-order valence-electron chi connectivity index (χ3n) is 2.14. The number of esters is 1. The summed E-state index contributed by atoms with van der Waals surface area (Å²) in [5.74, 6) is -0.361. The van der Waals surface area contributed by atoms with Crippen molar-refractivity contribution in [2.75, 3.05) is 7.11 Å². The Balaban J connectivity index is 2.72. The van der Waals surface area contributed by atoms with Crippen molar-refractivity contribution < 1.29 is 9.53 Å². The molecule has 0 aliphatic rings. The number of aromatic amines is 1. The number of carbonyl (C=O) groups excluding carboxylic acids is 1. The van der Waals surface area contributed by atoms with Crippen LogP contribution in [0.2, 0.25) is 0 Å². The van der Waals surface area contributed by atoms with Gasteiger partial charge in [0.05, 0.1) is 7.11 Å². The molecule has 0 bridgehead atoms. The number of H-pyrrole nitrogens is 1. The Morgan fingerprint density at radius 1 is 1.71 bits per heavy atom. The number of hydrogen-bond donors (Lipinski definition) is 2. The molecular weight excluding hydrogens is 180 g/mol. The van der Waals surface area contributed by atoms with E-state index >= 15 is 0 Å². The first-order chi connectivity index (χ1) is 6.69. The van der Waals surface area contributed by atoms with Crippen molar-refractivity contribution in [1.29, 1.82) is 0 Å². The molecule has 1 heterocycles. The van der Waals surface area contributed by atoms with Crippen molar-refractivity contribution >= 4 is 5.97 Å². The fourth-order valence-corrected chi connectivity index (χ4v) is 1.33. The third kappa shape index (κ3) is 2.35. The third-order valence-corrected chi connectivity index (χ3v) is 2.14. The zero-order valence-corrected chi connectivity index (χ0v) is 8.54. The molecule has 1 rings (SSSR count). The lowest BCUT2D eigenvalue weighted by atomic mass is 10.1. The van der Waals surface area contributed by atoms with Gasteiger partial charge in [0.25, 0.3) is 0 Å². The summed E-state index contributed by atoms with van der Waals surface area (Å²) >= 11 is 0. The second-order valence-electron chi connectivity index (χ2n) is 3.23. The molecule has 0 radical (unpaired) electrons. The summed E-state index contributed by atoms with van der Waals surface area (Å²) in [5, 5.41) is 0. The van der Waals surface area contributed by atoms with Gasteiger partial charge >= 0.3 is 5.97 Å². The quantitative estimate of drug-likeness (QED) is 0.719. The van der Waals surface area contributed by atoms with Gasteiger partial charge in [-0.3, -0.25) is 0 Å². The van der Waals surface area contributed by atoms with E-state index in [0.29, 0.717) is 5.69 Å². The van der Waals surface area contributed by atoms with E-state index in [4.69, 9.17) is 5.73 Å². The van der Waals surface area contributed by atoms with Gasteiger partial charge in [-0.25, -0.2) is 4.79 Å². The van der Waals surface area contributed by atoms with Crippen LogP contribution in [0.1, 0.15) is 41.9 Å². The van der Waals surface area contributed by atoms with E-state index in [1.165, 1.54) is 7.11 Å². The van der Waals surface area contributed by atoms with Gasteiger partial charge in [0.1, 0.15) is 5.69 Å². The maximum absolute atomic E-state index is 11.1. The largest absolute Gasteiger partial charge is 0.464 e. The number of methoxy groups -OCH3 is 1. The molecule has 1 aromatic rings. The molecule has 0 saturated heterocycles. The topological polar surface area (TPSA) is 68.1 Å². The number of nitrogens with one attached hydrogen (secondary N) is 1. The van der Waals surface area contributed by atoms with Gasteiger partial charge in [0.2, 0.25) is 0 Å². The van der Waals surface area contributed by atoms with E-state index in [1.54, 1.807) is 12.3 Å². The molecule has 0 fully saturated rings. The van der Waals surface area contributed by atoms with Gasteiger partial charge in [0.15, 0.2) is 0 Å². The van der Waals surface area contributed by atoms with Gasteiger partial charge in [-0.2, -0.15) is 0 Å². The lowest BCUT2D eigenvalue weighted by Crippen LogP contribution is -2.08. The van der Waals surface area contributed by atoms with Gasteiger partial charge < -0.3 is 15.5 Å². The van der Waals surface area contributed by atoms with Crippen LogP contribution in [-0.4, -0.2) is 18.1 Å². The molecule has 0 spiro atoms. The van der Waals surface area contributed by atoms with Gasteiger partial charge in [0, 0.05) is 12.2 Å². The number of ether oxygens (including phenoxy) is 1. The standard InChI is InChI=1S/C10H16N2O2/c1-3-4-8(11)7-5-9(12-6-7)10(13)14-2/h5-6,8,12H,3-4,11H2,1-2H3/t8-/m0/s1. The van der Waals surface area contributed by atoms with Crippen LogP contribution in [0.3, 0.4) is 0 Å². The number of nitrogens with two attached hydrogens (primary N) is 1. The summed E-state index contributed by atoms with van der Waals surface area (Å²) < 4.78 is 4.58. The number of hydrogen-bond acceptors (Lipinski definition) is 3. The van der Waals surface area contributed by atoms with E-state index in [2.05, 4.69) is 16.6 Å². The van der Waals surface area contributed by atoms with Crippen LogP contribution in [0.25, 0.3) is 0 Å². The Hall–Kier alpha value is -1.29. The maximum Gasteiger partial charge on any atom is 0.354 e. The molecule has 14 heavy (non-hydrogen) atoms. The van der Waals surface area contributed by atoms with Crippen LogP contribution < -0.4 is 5.73 Å². The Morgan fingerprint density at radius 3 is 3.00 bits per heavy atom. The maximum atomic E-state index is 11.1. The fraction of sp³-hybridized carbons (Fsp3) is 0.500. The molecule has 78 valence electrons. The van der Waals surface area contributed by atoms with E-state index in [-0.39, 0.29) is 12.0 Å². The average Bonchev–Trinajstić information content (AvgIpc) is 2.66. The number of rotatable bonds is 4. The lowest BCUT2D eigenvalue weighted by molar-refractivity contribution is 0.0595. The van der Waals surface area contributed by atoms with Crippen molar-refractivity contribution in [1.82, 2.24) is 4.98 Å². The molecule has 4 nitrogen and oxygen atoms in total. The van der Waals surface area contributed by atoms with Crippen LogP contribution in [0.5, 0.6) is 0 Å². The first-order valence-corrected chi connectivity index (χ1v) is 4.71. The van der Waals surface area contributed by atoms with E-state index in [9.17, 15) is 4.79 Å². The van der Waals surface area contributed by atoms with Crippen molar-refractivity contribution in [2.45, 2.75) is 25.8 Å². The molecule has 0 aliphatic carbocycles. The van der Waals surface area contributed by atoms with E-state index in [0.717, 1.165) is 18.4 Å². The highest BCUT2D eigenvalue weighted by Gasteiger charge is 2.11. The van der Waals surface area contributed by atoms with Crippen LogP contribution in [0.4, 0.5) is 0 Å². The molecule has 0 amide bonds. The van der Waals surface area contributed by atoms with Crippen molar-refractivity contribution in [3.63, 3.8) is 0 Å². The van der Waals surface area contributed by atoms with Crippen LogP contribution >= 0.6 is 0 Å². The lowest BCUT2D eigenvalue weighted by Gasteiger charge is -2.06. The second-order valence-corrected chi connectivity index (χ2v) is 3.23. The predicted molar refractivity (Wildman–Crippen MR) is 54.0 cm³/mol. The molecule has 1 atom stereocenters.